The van der Waals surface area contributed by atoms with Crippen LogP contribution in [0.5, 0.6) is 5.75 Å². The molecule has 5 heteroatoms. The first-order valence-electron chi connectivity index (χ1n) is 5.63. The van der Waals surface area contributed by atoms with E-state index in [-0.39, 0.29) is 17.8 Å². The Kier molecular flexibility index (Phi) is 5.14. The summed E-state index contributed by atoms with van der Waals surface area (Å²) in [5.41, 5.74) is -0.0248. The average Bonchev–Trinajstić information content (AvgIpc) is 2.28. The molecule has 0 amide bonds. The minimum absolute atomic E-state index is 0.161. The lowest BCUT2D eigenvalue weighted by atomic mass is 9.98. The van der Waals surface area contributed by atoms with Gasteiger partial charge in [-0.2, -0.15) is 0 Å². The van der Waals surface area contributed by atoms with Gasteiger partial charge < -0.3 is 4.74 Å². The highest BCUT2D eigenvalue weighted by atomic mass is 35.5. The smallest absolute Gasteiger partial charge is 0.312 e. The van der Waals surface area contributed by atoms with Gasteiger partial charge in [-0.05, 0) is 38.5 Å². The van der Waals surface area contributed by atoms with Gasteiger partial charge in [0.2, 0.25) is 0 Å². The third-order valence-electron chi connectivity index (χ3n) is 2.46. The summed E-state index contributed by atoms with van der Waals surface area (Å²) in [5.74, 6) is 0.0673. The highest BCUT2D eigenvalue weighted by molar-refractivity contribution is 6.21. The molecule has 1 atom stereocenters. The number of halogens is 1. The van der Waals surface area contributed by atoms with Gasteiger partial charge in [-0.25, -0.2) is 4.89 Å². The van der Waals surface area contributed by atoms with Crippen LogP contribution in [0, 0.1) is 0 Å². The maximum Gasteiger partial charge on any atom is 0.312 e. The predicted octanol–water partition coefficient (Wildman–Crippen LogP) is 3.33. The largest absolute Gasteiger partial charge is 0.426 e. The molecule has 18 heavy (non-hydrogen) atoms. The summed E-state index contributed by atoms with van der Waals surface area (Å²) in [6.07, 6.45) is 0.161. The Morgan fingerprint density at radius 3 is 2.39 bits per heavy atom. The highest BCUT2D eigenvalue weighted by Gasteiger charge is 2.21. The van der Waals surface area contributed by atoms with E-state index in [0.29, 0.717) is 5.75 Å². The van der Waals surface area contributed by atoms with Gasteiger partial charge in [0.15, 0.2) is 0 Å². The van der Waals surface area contributed by atoms with E-state index < -0.39 is 5.60 Å². The average molecular weight is 273 g/mol. The zero-order valence-electron chi connectivity index (χ0n) is 10.6. The molecule has 0 aliphatic carbocycles. The number of hydrogen-bond acceptors (Lipinski definition) is 4. The Bertz CT molecular complexity index is 398. The quantitative estimate of drug-likeness (QED) is 0.294. The van der Waals surface area contributed by atoms with Gasteiger partial charge in [0.25, 0.3) is 0 Å². The fourth-order valence-electron chi connectivity index (χ4n) is 1.38. The lowest BCUT2D eigenvalue weighted by molar-refractivity contribution is -0.318. The van der Waals surface area contributed by atoms with Crippen LogP contribution in [0.15, 0.2) is 24.3 Å². The molecule has 0 aliphatic rings. The van der Waals surface area contributed by atoms with Gasteiger partial charge in [0, 0.05) is 5.38 Å². The minimum atomic E-state index is -0.798. The van der Waals surface area contributed by atoms with Crippen molar-refractivity contribution in [2.24, 2.45) is 0 Å². The summed E-state index contributed by atoms with van der Waals surface area (Å²) >= 11 is 5.70. The molecule has 100 valence electrons. The second-order valence-corrected chi connectivity index (χ2v) is 5.33. The van der Waals surface area contributed by atoms with Crippen molar-refractivity contribution in [3.63, 3.8) is 0 Å². The first-order valence-corrected chi connectivity index (χ1v) is 6.06. The van der Waals surface area contributed by atoms with E-state index in [1.54, 1.807) is 45.0 Å². The zero-order chi connectivity index (χ0) is 13.8. The Morgan fingerprint density at radius 2 is 1.94 bits per heavy atom. The molecule has 0 aromatic heterocycles. The monoisotopic (exact) mass is 272 g/mol. The van der Waals surface area contributed by atoms with Gasteiger partial charge in [0.05, 0.1) is 6.42 Å². The van der Waals surface area contributed by atoms with Crippen molar-refractivity contribution in [3.05, 3.63) is 29.8 Å². The number of esters is 1. The molecule has 0 saturated heterocycles. The SMILES string of the molecule is CC(Cl)CC(=O)Oc1ccc(C(C)(C)OO)cc1. The molecule has 0 heterocycles. The molecular weight excluding hydrogens is 256 g/mol. The first-order chi connectivity index (χ1) is 8.35. The van der Waals surface area contributed by atoms with E-state index in [1.165, 1.54) is 0 Å². The Labute approximate surface area is 111 Å². The van der Waals surface area contributed by atoms with Crippen LogP contribution in [0.25, 0.3) is 0 Å². The molecule has 0 saturated carbocycles. The summed E-state index contributed by atoms with van der Waals surface area (Å²) in [7, 11) is 0. The second-order valence-electron chi connectivity index (χ2n) is 4.58. The molecule has 1 aromatic carbocycles. The molecule has 1 rings (SSSR count). The van der Waals surface area contributed by atoms with E-state index >= 15 is 0 Å². The van der Waals surface area contributed by atoms with Crippen molar-refractivity contribution in [3.8, 4) is 5.75 Å². The van der Waals surface area contributed by atoms with Crippen LogP contribution in [-0.4, -0.2) is 16.6 Å². The summed E-state index contributed by atoms with van der Waals surface area (Å²) < 4.78 is 5.10. The number of hydrogen-bond donors (Lipinski definition) is 1. The lowest BCUT2D eigenvalue weighted by Crippen LogP contribution is -2.19. The van der Waals surface area contributed by atoms with Crippen LogP contribution in [0.1, 0.15) is 32.8 Å². The first kappa shape index (κ1) is 15.0. The van der Waals surface area contributed by atoms with Crippen molar-refractivity contribution < 1.29 is 19.7 Å². The number of ether oxygens (including phenoxy) is 1. The summed E-state index contributed by atoms with van der Waals surface area (Å²) in [6, 6.07) is 6.74. The van der Waals surface area contributed by atoms with Crippen molar-refractivity contribution >= 4 is 17.6 Å². The molecule has 0 fully saturated rings. The fraction of sp³-hybridized carbons (Fsp3) is 0.462. The topological polar surface area (TPSA) is 55.8 Å². The number of carbonyl (C=O) groups is 1. The van der Waals surface area contributed by atoms with E-state index in [2.05, 4.69) is 4.89 Å². The molecular formula is C13H17ClO4. The number of carbonyl (C=O) groups excluding carboxylic acids is 1. The summed E-state index contributed by atoms with van der Waals surface area (Å²) in [4.78, 5) is 15.8. The Hall–Kier alpha value is -1.10. The highest BCUT2D eigenvalue weighted by Crippen LogP contribution is 2.25. The van der Waals surface area contributed by atoms with E-state index in [1.807, 2.05) is 0 Å². The molecule has 1 aromatic rings. The van der Waals surface area contributed by atoms with Gasteiger partial charge in [-0.3, -0.25) is 10.1 Å². The molecule has 4 nitrogen and oxygen atoms in total. The van der Waals surface area contributed by atoms with Crippen LogP contribution in [0.2, 0.25) is 0 Å². The minimum Gasteiger partial charge on any atom is -0.426 e. The third-order valence-corrected chi connectivity index (χ3v) is 2.61. The number of benzene rings is 1. The van der Waals surface area contributed by atoms with Crippen LogP contribution in [-0.2, 0) is 15.3 Å². The van der Waals surface area contributed by atoms with Crippen LogP contribution in [0.3, 0.4) is 0 Å². The Morgan fingerprint density at radius 1 is 1.39 bits per heavy atom. The lowest BCUT2D eigenvalue weighted by Gasteiger charge is -2.20. The van der Waals surface area contributed by atoms with Gasteiger partial charge in [-0.1, -0.05) is 12.1 Å². The number of rotatable bonds is 5. The van der Waals surface area contributed by atoms with Gasteiger partial charge >= 0.3 is 5.97 Å². The fourth-order valence-corrected chi connectivity index (χ4v) is 1.51. The van der Waals surface area contributed by atoms with Crippen molar-refractivity contribution in [1.82, 2.24) is 0 Å². The molecule has 1 unspecified atom stereocenters. The van der Waals surface area contributed by atoms with Crippen molar-refractivity contribution in [2.75, 3.05) is 0 Å². The van der Waals surface area contributed by atoms with Crippen LogP contribution in [0.4, 0.5) is 0 Å². The maximum absolute atomic E-state index is 11.4. The predicted molar refractivity (Wildman–Crippen MR) is 68.7 cm³/mol. The molecule has 0 radical (unpaired) electrons. The maximum atomic E-state index is 11.4. The summed E-state index contributed by atoms with van der Waals surface area (Å²) in [6.45, 7) is 5.18. The van der Waals surface area contributed by atoms with E-state index in [0.717, 1.165) is 5.56 Å². The van der Waals surface area contributed by atoms with Crippen molar-refractivity contribution in [2.45, 2.75) is 38.2 Å². The van der Waals surface area contributed by atoms with Crippen molar-refractivity contribution in [1.29, 1.82) is 0 Å². The third kappa shape index (κ3) is 4.29. The Balaban J connectivity index is 2.69. The van der Waals surface area contributed by atoms with Gasteiger partial charge in [-0.15, -0.1) is 11.6 Å². The van der Waals surface area contributed by atoms with Crippen LogP contribution >= 0.6 is 11.6 Å². The molecule has 0 bridgehead atoms. The van der Waals surface area contributed by atoms with E-state index in [9.17, 15) is 4.79 Å². The van der Waals surface area contributed by atoms with E-state index in [4.69, 9.17) is 21.6 Å². The molecule has 1 N–H and O–H groups in total. The zero-order valence-corrected chi connectivity index (χ0v) is 11.4. The molecule has 0 aliphatic heterocycles. The molecule has 0 spiro atoms. The normalized spacial score (nSPS) is 13.2. The standard InChI is InChI=1S/C13H17ClO4/c1-9(14)8-12(15)17-11-6-4-10(5-7-11)13(2,3)18-16/h4-7,9,16H,8H2,1-3H3. The second kappa shape index (κ2) is 6.18. The van der Waals surface area contributed by atoms with Gasteiger partial charge in [0.1, 0.15) is 11.4 Å². The van der Waals surface area contributed by atoms with Crippen LogP contribution < -0.4 is 4.74 Å². The summed E-state index contributed by atoms with van der Waals surface area (Å²) in [5, 5.41) is 8.51. The number of alkyl halides is 1.